The van der Waals surface area contributed by atoms with Crippen LogP contribution in [0.4, 0.5) is 8.78 Å². The molecule has 0 aliphatic heterocycles. The second-order valence-electron chi connectivity index (χ2n) is 8.26. The molecule has 0 radical (unpaired) electrons. The van der Waals surface area contributed by atoms with E-state index in [0.717, 1.165) is 11.1 Å². The van der Waals surface area contributed by atoms with E-state index in [9.17, 15) is 18.1 Å². The maximum absolute atomic E-state index is 13.0. The highest BCUT2D eigenvalue weighted by molar-refractivity contribution is 7.91. The van der Waals surface area contributed by atoms with Crippen molar-refractivity contribution in [3.8, 4) is 16.9 Å². The molecule has 2 heterocycles. The van der Waals surface area contributed by atoms with Gasteiger partial charge in [0.05, 0.1) is 27.2 Å². The lowest BCUT2D eigenvalue weighted by molar-refractivity contribution is -0.0506. The van der Waals surface area contributed by atoms with Gasteiger partial charge in [0.1, 0.15) is 11.4 Å². The summed E-state index contributed by atoms with van der Waals surface area (Å²) in [4.78, 5) is 5.01. The van der Waals surface area contributed by atoms with Crippen molar-refractivity contribution in [1.82, 2.24) is 9.38 Å². The van der Waals surface area contributed by atoms with Gasteiger partial charge >= 0.3 is 6.61 Å². The number of aliphatic hydroxyl groups excluding tert-OH is 1. The lowest BCUT2D eigenvalue weighted by Gasteiger charge is -2.18. The van der Waals surface area contributed by atoms with Crippen LogP contribution in [0.2, 0.25) is 5.02 Å². The van der Waals surface area contributed by atoms with E-state index in [2.05, 4.69) is 4.98 Å². The number of pyridine rings is 1. The molecule has 0 spiro atoms. The second kappa shape index (κ2) is 8.33. The molecule has 0 unspecified atom stereocenters. The van der Waals surface area contributed by atoms with Gasteiger partial charge in [-0.15, -0.1) is 0 Å². The standard InChI is InChI=1S/C24H20ClF2N3O3S/c1-34(28,32)16-6-2-13(3-7-16)14-4-9-21-29-22-19(31)11-18(23(22)30(21)12-14)17-10-15(25)5-8-20(17)33-24(26)27/h2-10,12,18-19,24,28,31H,11H2,1H3/t18-,19-,34-/m1/s1. The van der Waals surface area contributed by atoms with Crippen molar-refractivity contribution in [3.63, 3.8) is 0 Å². The largest absolute Gasteiger partial charge is 0.435 e. The van der Waals surface area contributed by atoms with Gasteiger partial charge in [-0.25, -0.2) is 14.0 Å². The number of aromatic nitrogens is 2. The number of fused-ring (bicyclic) bond motifs is 3. The first kappa shape index (κ1) is 22.8. The van der Waals surface area contributed by atoms with Crippen LogP contribution >= 0.6 is 11.6 Å². The number of benzene rings is 2. The molecule has 1 aliphatic rings. The monoisotopic (exact) mass is 503 g/mol. The van der Waals surface area contributed by atoms with Gasteiger partial charge in [-0.05, 0) is 60.0 Å². The van der Waals surface area contributed by atoms with Crippen molar-refractivity contribution in [2.45, 2.75) is 29.9 Å². The van der Waals surface area contributed by atoms with Gasteiger partial charge in [-0.2, -0.15) is 8.78 Å². The molecule has 10 heteroatoms. The zero-order valence-electron chi connectivity index (χ0n) is 17.9. The van der Waals surface area contributed by atoms with Gasteiger partial charge in [-0.3, -0.25) is 0 Å². The summed E-state index contributed by atoms with van der Waals surface area (Å²) in [6.07, 6.45) is 2.63. The lowest BCUT2D eigenvalue weighted by atomic mass is 9.95. The van der Waals surface area contributed by atoms with Crippen molar-refractivity contribution in [2.24, 2.45) is 0 Å². The molecule has 6 nitrogen and oxygen atoms in total. The third-order valence-corrected chi connectivity index (χ3v) is 7.40. The van der Waals surface area contributed by atoms with Crippen molar-refractivity contribution >= 4 is 27.0 Å². The molecule has 2 N–H and O–H groups in total. The number of nitrogens with zero attached hydrogens (tertiary/aromatic N) is 2. The van der Waals surface area contributed by atoms with E-state index in [-0.39, 0.29) is 12.2 Å². The van der Waals surface area contributed by atoms with E-state index in [1.54, 1.807) is 30.3 Å². The molecule has 3 atom stereocenters. The normalized spacial score (nSPS) is 19.4. The van der Waals surface area contributed by atoms with E-state index in [4.69, 9.17) is 21.1 Å². The molecule has 2 aromatic heterocycles. The fraction of sp³-hybridized carbons (Fsp3) is 0.208. The molecule has 0 fully saturated rings. The number of imidazole rings is 1. The molecule has 34 heavy (non-hydrogen) atoms. The van der Waals surface area contributed by atoms with Gasteiger partial charge in [0.15, 0.2) is 0 Å². The molecule has 4 aromatic rings. The summed E-state index contributed by atoms with van der Waals surface area (Å²) in [5.74, 6) is -0.456. The van der Waals surface area contributed by atoms with Crippen LogP contribution in [0.25, 0.3) is 16.8 Å². The smallest absolute Gasteiger partial charge is 0.387 e. The Kier molecular flexibility index (Phi) is 5.58. The molecule has 0 amide bonds. The van der Waals surface area contributed by atoms with Crippen LogP contribution in [0.15, 0.2) is 65.7 Å². The fourth-order valence-electron chi connectivity index (χ4n) is 4.47. The van der Waals surface area contributed by atoms with Gasteiger partial charge < -0.3 is 14.2 Å². The summed E-state index contributed by atoms with van der Waals surface area (Å²) in [6, 6.07) is 15.1. The average molecular weight is 504 g/mol. The van der Waals surface area contributed by atoms with Crippen LogP contribution in [-0.2, 0) is 9.73 Å². The Balaban J connectivity index is 1.63. The van der Waals surface area contributed by atoms with Crippen LogP contribution in [0.1, 0.15) is 35.4 Å². The summed E-state index contributed by atoms with van der Waals surface area (Å²) in [5, 5.41) is 11.1. The van der Waals surface area contributed by atoms with Gasteiger partial charge in [0, 0.05) is 33.9 Å². The quantitative estimate of drug-likeness (QED) is 0.357. The minimum Gasteiger partial charge on any atom is -0.435 e. The zero-order valence-corrected chi connectivity index (χ0v) is 19.5. The second-order valence-corrected chi connectivity index (χ2v) is 10.9. The van der Waals surface area contributed by atoms with Crippen LogP contribution in [0.5, 0.6) is 5.75 Å². The topological polar surface area (TPSA) is 87.7 Å². The van der Waals surface area contributed by atoms with E-state index < -0.39 is 28.4 Å². The van der Waals surface area contributed by atoms with E-state index in [0.29, 0.717) is 32.5 Å². The summed E-state index contributed by atoms with van der Waals surface area (Å²) in [7, 11) is -2.81. The van der Waals surface area contributed by atoms with Crippen LogP contribution < -0.4 is 4.74 Å². The predicted octanol–water partition coefficient (Wildman–Crippen LogP) is 5.86. The SMILES string of the molecule is C[S@@](=N)(=O)c1ccc(-c2ccc3nc4c(n3c2)[C@@H](c2cc(Cl)ccc2OC(F)F)C[C@H]4O)cc1. The molecule has 5 rings (SSSR count). The van der Waals surface area contributed by atoms with Crippen molar-refractivity contribution < 1.29 is 22.8 Å². The van der Waals surface area contributed by atoms with Crippen LogP contribution in [-0.4, -0.2) is 31.6 Å². The van der Waals surface area contributed by atoms with Gasteiger partial charge in [0.25, 0.3) is 0 Å². The van der Waals surface area contributed by atoms with Gasteiger partial charge in [0.2, 0.25) is 0 Å². The van der Waals surface area contributed by atoms with E-state index >= 15 is 0 Å². The number of alkyl halides is 2. The Labute approximate surface area is 199 Å². The molecular weight excluding hydrogens is 484 g/mol. The molecule has 176 valence electrons. The summed E-state index contributed by atoms with van der Waals surface area (Å²) in [5.41, 5.74) is 3.91. The molecule has 1 aliphatic carbocycles. The third kappa shape index (κ3) is 4.04. The molecule has 0 saturated carbocycles. The first-order valence-corrected chi connectivity index (χ1v) is 12.7. The maximum atomic E-state index is 13.0. The third-order valence-electron chi connectivity index (χ3n) is 5.99. The van der Waals surface area contributed by atoms with E-state index in [1.807, 2.05) is 22.7 Å². The number of hydrogen-bond donors (Lipinski definition) is 2. The van der Waals surface area contributed by atoms with Crippen LogP contribution in [0.3, 0.4) is 0 Å². The molecule has 0 saturated heterocycles. The molecular formula is C24H20ClF2N3O3S. The summed E-state index contributed by atoms with van der Waals surface area (Å²) in [6.45, 7) is -3.00. The number of aliphatic hydroxyl groups is 1. The summed E-state index contributed by atoms with van der Waals surface area (Å²) < 4.78 is 52.4. The highest BCUT2D eigenvalue weighted by Crippen LogP contribution is 2.47. The predicted molar refractivity (Wildman–Crippen MR) is 125 cm³/mol. The minimum absolute atomic E-state index is 0.00435. The lowest BCUT2D eigenvalue weighted by Crippen LogP contribution is -2.08. The van der Waals surface area contributed by atoms with Crippen LogP contribution in [0, 0.1) is 4.78 Å². The zero-order chi connectivity index (χ0) is 24.2. The number of halogens is 3. The number of nitrogens with one attached hydrogen (secondary N) is 1. The summed E-state index contributed by atoms with van der Waals surface area (Å²) >= 11 is 6.18. The van der Waals surface area contributed by atoms with E-state index in [1.165, 1.54) is 18.4 Å². The molecule has 0 bridgehead atoms. The minimum atomic E-state index is -3.00. The fourth-order valence-corrected chi connectivity index (χ4v) is 5.30. The van der Waals surface area contributed by atoms with Crippen molar-refractivity contribution in [3.05, 3.63) is 82.8 Å². The first-order chi connectivity index (χ1) is 16.1. The first-order valence-electron chi connectivity index (χ1n) is 10.4. The molecule has 2 aromatic carbocycles. The Hall–Kier alpha value is -3.01. The Bertz CT molecular complexity index is 1500. The van der Waals surface area contributed by atoms with Crippen molar-refractivity contribution in [1.29, 1.82) is 4.78 Å². The Morgan fingerprint density at radius 2 is 1.88 bits per heavy atom. The number of hydrogen-bond acceptors (Lipinski definition) is 5. The Morgan fingerprint density at radius 1 is 1.18 bits per heavy atom. The number of rotatable bonds is 5. The highest BCUT2D eigenvalue weighted by Gasteiger charge is 2.37. The maximum Gasteiger partial charge on any atom is 0.387 e. The average Bonchev–Trinajstić information content (AvgIpc) is 3.31. The number of ether oxygens (including phenoxy) is 1. The Morgan fingerprint density at radius 3 is 2.56 bits per heavy atom. The van der Waals surface area contributed by atoms with Crippen molar-refractivity contribution in [2.75, 3.05) is 6.26 Å². The van der Waals surface area contributed by atoms with Gasteiger partial charge in [-0.1, -0.05) is 23.7 Å². The highest BCUT2D eigenvalue weighted by atomic mass is 35.5.